The molecule has 19 heavy (non-hydrogen) atoms. The van der Waals surface area contributed by atoms with Gasteiger partial charge in [0, 0.05) is 13.0 Å². The Morgan fingerprint density at radius 2 is 1.89 bits per heavy atom. The Balaban J connectivity index is 2.33. The molecule has 1 amide bonds. The van der Waals surface area contributed by atoms with Crippen LogP contribution < -0.4 is 0 Å². The van der Waals surface area contributed by atoms with Gasteiger partial charge in [-0.3, -0.25) is 4.79 Å². The molecular formula is C16H21NOSi. The summed E-state index contributed by atoms with van der Waals surface area (Å²) < 4.78 is 0. The first-order valence-corrected chi connectivity index (χ1v) is 10.3. The van der Waals surface area contributed by atoms with Gasteiger partial charge in [-0.2, -0.15) is 0 Å². The van der Waals surface area contributed by atoms with Gasteiger partial charge in [-0.15, -0.1) is 5.54 Å². The fourth-order valence-corrected chi connectivity index (χ4v) is 2.77. The highest BCUT2D eigenvalue weighted by Crippen LogP contribution is 2.25. The average Bonchev–Trinajstić information content (AvgIpc) is 2.76. The molecule has 1 heterocycles. The van der Waals surface area contributed by atoms with Crippen molar-refractivity contribution in [2.45, 2.75) is 38.5 Å². The number of benzene rings is 1. The molecule has 0 aromatic heterocycles. The van der Waals surface area contributed by atoms with Crippen molar-refractivity contribution >= 4 is 14.0 Å². The van der Waals surface area contributed by atoms with E-state index in [1.54, 1.807) is 0 Å². The highest BCUT2D eigenvalue weighted by atomic mass is 28.3. The molecule has 100 valence electrons. The molecule has 0 bridgehead atoms. The maximum Gasteiger partial charge on any atom is 0.223 e. The number of rotatable bonds is 2. The molecule has 1 aromatic carbocycles. The van der Waals surface area contributed by atoms with Crippen LogP contribution in [0.4, 0.5) is 0 Å². The van der Waals surface area contributed by atoms with Gasteiger partial charge in [0.15, 0.2) is 0 Å². The second kappa shape index (κ2) is 5.62. The van der Waals surface area contributed by atoms with Crippen molar-refractivity contribution in [3.63, 3.8) is 0 Å². The Kier molecular flexibility index (Phi) is 4.11. The van der Waals surface area contributed by atoms with Gasteiger partial charge in [0.1, 0.15) is 14.1 Å². The van der Waals surface area contributed by atoms with Crippen molar-refractivity contribution in [1.29, 1.82) is 0 Å². The molecular weight excluding hydrogens is 250 g/mol. The quantitative estimate of drug-likeness (QED) is 0.597. The zero-order valence-corrected chi connectivity index (χ0v) is 12.9. The van der Waals surface area contributed by atoms with Gasteiger partial charge in [0.2, 0.25) is 5.91 Å². The monoisotopic (exact) mass is 271 g/mol. The first-order chi connectivity index (χ1) is 8.97. The molecule has 1 atom stereocenters. The van der Waals surface area contributed by atoms with E-state index in [2.05, 4.69) is 43.2 Å². The molecule has 1 unspecified atom stereocenters. The number of likely N-dealkylation sites (tertiary alicyclic amines) is 1. The van der Waals surface area contributed by atoms with Crippen LogP contribution in [0.2, 0.25) is 19.6 Å². The number of amides is 1. The summed E-state index contributed by atoms with van der Waals surface area (Å²) in [5.41, 5.74) is 4.54. The topological polar surface area (TPSA) is 20.3 Å². The van der Waals surface area contributed by atoms with Crippen molar-refractivity contribution in [2.24, 2.45) is 0 Å². The lowest BCUT2D eigenvalue weighted by Gasteiger charge is -2.24. The molecule has 1 fully saturated rings. The van der Waals surface area contributed by atoms with Crippen LogP contribution in [0.15, 0.2) is 30.3 Å². The summed E-state index contributed by atoms with van der Waals surface area (Å²) in [4.78, 5) is 13.9. The minimum Gasteiger partial charge on any atom is -0.325 e. The summed E-state index contributed by atoms with van der Waals surface area (Å²) >= 11 is 0. The predicted molar refractivity (Wildman–Crippen MR) is 81.3 cm³/mol. The molecule has 1 aliphatic heterocycles. The number of nitrogens with zero attached hydrogens (tertiary/aromatic N) is 1. The van der Waals surface area contributed by atoms with E-state index in [1.165, 1.54) is 0 Å². The van der Waals surface area contributed by atoms with Gasteiger partial charge in [0.25, 0.3) is 0 Å². The Morgan fingerprint density at radius 3 is 2.42 bits per heavy atom. The lowest BCUT2D eigenvalue weighted by molar-refractivity contribution is -0.128. The SMILES string of the molecule is C[Si](C)(C)C#CC(c1ccccc1)N1CCCC1=O. The molecule has 2 nitrogen and oxygen atoms in total. The number of carbonyl (C=O) groups is 1. The van der Waals surface area contributed by atoms with E-state index in [9.17, 15) is 4.79 Å². The Morgan fingerprint density at radius 1 is 1.21 bits per heavy atom. The van der Waals surface area contributed by atoms with E-state index in [-0.39, 0.29) is 11.9 Å². The summed E-state index contributed by atoms with van der Waals surface area (Å²) in [6, 6.07) is 10.1. The average molecular weight is 271 g/mol. The smallest absolute Gasteiger partial charge is 0.223 e. The van der Waals surface area contributed by atoms with Crippen molar-refractivity contribution in [2.75, 3.05) is 6.54 Å². The lowest BCUT2D eigenvalue weighted by Crippen LogP contribution is -2.29. The third-order valence-electron chi connectivity index (χ3n) is 3.12. The minimum absolute atomic E-state index is 0.0667. The molecule has 2 rings (SSSR count). The summed E-state index contributed by atoms with van der Waals surface area (Å²) in [5.74, 6) is 3.60. The van der Waals surface area contributed by atoms with Crippen LogP contribution in [0.5, 0.6) is 0 Å². The van der Waals surface area contributed by atoms with Gasteiger partial charge in [0.05, 0.1) is 0 Å². The van der Waals surface area contributed by atoms with E-state index < -0.39 is 8.07 Å². The van der Waals surface area contributed by atoms with Crippen LogP contribution in [-0.4, -0.2) is 25.4 Å². The Hall–Kier alpha value is -1.53. The van der Waals surface area contributed by atoms with Gasteiger partial charge in [-0.05, 0) is 12.0 Å². The van der Waals surface area contributed by atoms with E-state index in [0.29, 0.717) is 6.42 Å². The summed E-state index contributed by atoms with van der Waals surface area (Å²) in [6.45, 7) is 7.52. The zero-order chi connectivity index (χ0) is 13.9. The Labute approximate surface area is 116 Å². The number of hydrogen-bond donors (Lipinski definition) is 0. The highest BCUT2D eigenvalue weighted by molar-refractivity contribution is 6.83. The summed E-state index contributed by atoms with van der Waals surface area (Å²) in [6.07, 6.45) is 1.62. The molecule has 1 aliphatic rings. The van der Waals surface area contributed by atoms with Crippen LogP contribution >= 0.6 is 0 Å². The maximum atomic E-state index is 12.0. The molecule has 0 spiro atoms. The van der Waals surface area contributed by atoms with E-state index in [4.69, 9.17) is 0 Å². The molecule has 1 saturated heterocycles. The molecule has 0 radical (unpaired) electrons. The van der Waals surface area contributed by atoms with Gasteiger partial charge < -0.3 is 4.90 Å². The van der Waals surface area contributed by atoms with E-state index in [1.807, 2.05) is 23.1 Å². The van der Waals surface area contributed by atoms with Crippen molar-refractivity contribution in [1.82, 2.24) is 4.90 Å². The van der Waals surface area contributed by atoms with Crippen LogP contribution in [-0.2, 0) is 4.79 Å². The maximum absolute atomic E-state index is 12.0. The van der Waals surface area contributed by atoms with Crippen LogP contribution in [0, 0.1) is 11.5 Å². The first-order valence-electron chi connectivity index (χ1n) is 6.84. The van der Waals surface area contributed by atoms with Gasteiger partial charge in [-0.25, -0.2) is 0 Å². The molecule has 3 heteroatoms. The number of carbonyl (C=O) groups excluding carboxylic acids is 1. The van der Waals surface area contributed by atoms with E-state index >= 15 is 0 Å². The van der Waals surface area contributed by atoms with Gasteiger partial charge in [-0.1, -0.05) is 55.9 Å². The normalized spacial score (nSPS) is 17.0. The molecule has 0 aliphatic carbocycles. The summed E-state index contributed by atoms with van der Waals surface area (Å²) in [5, 5.41) is 0. The fourth-order valence-electron chi connectivity index (χ4n) is 2.20. The molecule has 1 aromatic rings. The molecule has 0 N–H and O–H groups in total. The van der Waals surface area contributed by atoms with Crippen LogP contribution in [0.25, 0.3) is 0 Å². The van der Waals surface area contributed by atoms with E-state index in [0.717, 1.165) is 18.5 Å². The minimum atomic E-state index is -1.42. The van der Waals surface area contributed by atoms with Crippen molar-refractivity contribution < 1.29 is 4.79 Å². The summed E-state index contributed by atoms with van der Waals surface area (Å²) in [7, 11) is -1.42. The van der Waals surface area contributed by atoms with Crippen LogP contribution in [0.3, 0.4) is 0 Å². The predicted octanol–water partition coefficient (Wildman–Crippen LogP) is 3.23. The third-order valence-corrected chi connectivity index (χ3v) is 4.02. The second-order valence-electron chi connectivity index (χ2n) is 6.02. The Bertz CT molecular complexity index is 507. The first kappa shape index (κ1) is 13.9. The highest BCUT2D eigenvalue weighted by Gasteiger charge is 2.27. The zero-order valence-electron chi connectivity index (χ0n) is 11.9. The van der Waals surface area contributed by atoms with Crippen molar-refractivity contribution in [3.8, 4) is 11.5 Å². The third kappa shape index (κ3) is 3.71. The fraction of sp³-hybridized carbons (Fsp3) is 0.438. The standard InChI is InChI=1S/C16H21NOSi/c1-19(2,3)13-11-15(14-8-5-4-6-9-14)17-12-7-10-16(17)18/h4-6,8-9,15H,7,10,12H2,1-3H3. The van der Waals surface area contributed by atoms with Gasteiger partial charge >= 0.3 is 0 Å². The number of hydrogen-bond acceptors (Lipinski definition) is 1. The largest absolute Gasteiger partial charge is 0.325 e. The lowest BCUT2D eigenvalue weighted by atomic mass is 10.1. The van der Waals surface area contributed by atoms with Crippen molar-refractivity contribution in [3.05, 3.63) is 35.9 Å². The molecule has 0 saturated carbocycles. The second-order valence-corrected chi connectivity index (χ2v) is 10.8. The van der Waals surface area contributed by atoms with Crippen LogP contribution in [0.1, 0.15) is 24.4 Å².